The van der Waals surface area contributed by atoms with Gasteiger partial charge in [0.15, 0.2) is 0 Å². The van der Waals surface area contributed by atoms with Crippen molar-refractivity contribution in [3.63, 3.8) is 0 Å². The quantitative estimate of drug-likeness (QED) is 0.354. The number of rotatable bonds is 9. The van der Waals surface area contributed by atoms with Crippen molar-refractivity contribution in [2.24, 2.45) is 5.92 Å². The van der Waals surface area contributed by atoms with Crippen molar-refractivity contribution in [2.75, 3.05) is 13.1 Å². The first-order valence-corrected chi connectivity index (χ1v) is 13.5. The Labute approximate surface area is 228 Å². The zero-order valence-corrected chi connectivity index (χ0v) is 21.5. The minimum Gasteiger partial charge on any atom is -0.341 e. The molecule has 3 aromatic carbocycles. The van der Waals surface area contributed by atoms with E-state index in [-0.39, 0.29) is 29.5 Å². The van der Waals surface area contributed by atoms with E-state index < -0.39 is 24.2 Å². The van der Waals surface area contributed by atoms with Gasteiger partial charge in [-0.15, -0.1) is 0 Å². The Hall–Kier alpha value is -3.40. The number of hydrogen-bond donors (Lipinski definition) is 1. The SMILES string of the molecule is [2H]c1c([2H])c([2H])c(-c2ccc(C(=O)N[C@@H](CCCC3CC3c3ccc(C)cc3)C(=O)N3CCCCC3)cc2)c([2H])c1[2H]. The summed E-state index contributed by atoms with van der Waals surface area (Å²) in [7, 11) is 0. The highest BCUT2D eigenvalue weighted by atomic mass is 16.2. The second-order valence-corrected chi connectivity index (χ2v) is 10.4. The molecule has 4 heteroatoms. The fourth-order valence-corrected chi connectivity index (χ4v) is 5.39. The van der Waals surface area contributed by atoms with Crippen molar-refractivity contribution in [1.82, 2.24) is 10.2 Å². The van der Waals surface area contributed by atoms with Gasteiger partial charge in [-0.05, 0) is 86.1 Å². The zero-order chi connectivity index (χ0) is 30.0. The molecule has 4 nitrogen and oxygen atoms in total. The highest BCUT2D eigenvalue weighted by Crippen LogP contribution is 2.50. The molecule has 3 atom stereocenters. The summed E-state index contributed by atoms with van der Waals surface area (Å²) >= 11 is 0. The third-order valence-electron chi connectivity index (χ3n) is 7.70. The van der Waals surface area contributed by atoms with Crippen molar-refractivity contribution < 1.29 is 16.4 Å². The Morgan fingerprint density at radius 1 is 0.946 bits per heavy atom. The summed E-state index contributed by atoms with van der Waals surface area (Å²) in [4.78, 5) is 28.7. The first kappa shape index (κ1) is 19.7. The number of aryl methyl sites for hydroxylation is 1. The molecule has 2 unspecified atom stereocenters. The van der Waals surface area contributed by atoms with Gasteiger partial charge < -0.3 is 10.2 Å². The molecule has 1 heterocycles. The third-order valence-corrected chi connectivity index (χ3v) is 7.70. The number of carbonyl (C=O) groups is 2. The Morgan fingerprint density at radius 2 is 1.65 bits per heavy atom. The van der Waals surface area contributed by atoms with E-state index in [1.54, 1.807) is 24.3 Å². The standard InChI is InChI=1S/C33H38N2O2/c1-24-13-15-27(16-14-24)30-23-29(30)11-8-12-31(33(37)35-21-6-3-7-22-35)34-32(36)28-19-17-26(18-20-28)25-9-4-2-5-10-25/h2,4-5,9-10,13-20,29-31H,3,6-8,11-12,21-23H2,1H3,(H,34,36)/t29?,30?,31-/m0/s1/i2D,4D,5D,9D,10D. The van der Waals surface area contributed by atoms with Crippen LogP contribution in [0.4, 0.5) is 0 Å². The predicted octanol–water partition coefficient (Wildman–Crippen LogP) is 6.75. The number of carbonyl (C=O) groups excluding carboxylic acids is 2. The molecule has 0 radical (unpaired) electrons. The first-order chi connectivity index (χ1) is 20.2. The van der Waals surface area contributed by atoms with Crippen LogP contribution in [0.1, 0.15) is 79.2 Å². The smallest absolute Gasteiger partial charge is 0.251 e. The topological polar surface area (TPSA) is 49.4 Å². The molecule has 2 aliphatic rings. The average molecular weight is 500 g/mol. The Morgan fingerprint density at radius 3 is 2.35 bits per heavy atom. The zero-order valence-electron chi connectivity index (χ0n) is 26.5. The van der Waals surface area contributed by atoms with Crippen LogP contribution in [0.15, 0.2) is 78.7 Å². The molecule has 1 saturated carbocycles. The lowest BCUT2D eigenvalue weighted by Crippen LogP contribution is -2.50. The van der Waals surface area contributed by atoms with Crippen molar-refractivity contribution in [2.45, 2.75) is 63.8 Å². The number of piperidine rings is 1. The highest BCUT2D eigenvalue weighted by molar-refractivity contribution is 5.98. The summed E-state index contributed by atoms with van der Waals surface area (Å²) in [6.45, 7) is 3.53. The summed E-state index contributed by atoms with van der Waals surface area (Å²) in [5.74, 6) is 0.813. The largest absolute Gasteiger partial charge is 0.341 e. The third kappa shape index (κ3) is 6.49. The predicted molar refractivity (Wildman–Crippen MR) is 149 cm³/mol. The van der Waals surface area contributed by atoms with Crippen molar-refractivity contribution >= 4 is 11.8 Å². The monoisotopic (exact) mass is 499 g/mol. The molecular weight excluding hydrogens is 456 g/mol. The van der Waals surface area contributed by atoms with E-state index in [1.165, 1.54) is 17.5 Å². The van der Waals surface area contributed by atoms with Gasteiger partial charge in [0.2, 0.25) is 5.91 Å². The van der Waals surface area contributed by atoms with Crippen molar-refractivity contribution in [3.05, 3.63) is 95.4 Å². The van der Waals surface area contributed by atoms with Gasteiger partial charge in [0.25, 0.3) is 5.91 Å². The second-order valence-electron chi connectivity index (χ2n) is 10.4. The summed E-state index contributed by atoms with van der Waals surface area (Å²) in [5.41, 5.74) is 3.51. The van der Waals surface area contributed by atoms with Crippen LogP contribution in [0.25, 0.3) is 11.1 Å². The molecule has 1 aliphatic heterocycles. The molecule has 0 spiro atoms. The van der Waals surface area contributed by atoms with Gasteiger partial charge in [-0.3, -0.25) is 9.59 Å². The van der Waals surface area contributed by atoms with Gasteiger partial charge in [-0.1, -0.05) is 78.6 Å². The fourth-order valence-electron chi connectivity index (χ4n) is 5.39. The van der Waals surface area contributed by atoms with Gasteiger partial charge in [-0.2, -0.15) is 0 Å². The number of nitrogens with one attached hydrogen (secondary N) is 1. The number of benzene rings is 3. The van der Waals surface area contributed by atoms with Crippen LogP contribution < -0.4 is 5.32 Å². The molecule has 1 aliphatic carbocycles. The van der Waals surface area contributed by atoms with Gasteiger partial charge in [0.1, 0.15) is 6.04 Å². The maximum absolute atomic E-state index is 13.5. The molecule has 37 heavy (non-hydrogen) atoms. The molecule has 0 bridgehead atoms. The Balaban J connectivity index is 1.26. The van der Waals surface area contributed by atoms with Gasteiger partial charge in [0.05, 0.1) is 6.85 Å². The molecule has 1 saturated heterocycles. The van der Waals surface area contributed by atoms with Crippen LogP contribution in [-0.4, -0.2) is 35.8 Å². The van der Waals surface area contributed by atoms with E-state index in [0.717, 1.165) is 45.2 Å². The normalized spacial score (nSPS) is 21.6. The first-order valence-electron chi connectivity index (χ1n) is 16.0. The van der Waals surface area contributed by atoms with Gasteiger partial charge in [-0.25, -0.2) is 0 Å². The van der Waals surface area contributed by atoms with Crippen molar-refractivity contribution in [1.29, 1.82) is 0 Å². The van der Waals surface area contributed by atoms with Crippen LogP contribution in [0.5, 0.6) is 0 Å². The lowest BCUT2D eigenvalue weighted by Gasteiger charge is -2.31. The molecular formula is C33H38N2O2. The lowest BCUT2D eigenvalue weighted by molar-refractivity contribution is -0.134. The van der Waals surface area contributed by atoms with E-state index in [2.05, 4.69) is 36.5 Å². The van der Waals surface area contributed by atoms with E-state index >= 15 is 0 Å². The van der Waals surface area contributed by atoms with E-state index in [1.807, 2.05) is 4.90 Å². The fraction of sp³-hybridized carbons (Fsp3) is 0.394. The number of hydrogen-bond acceptors (Lipinski definition) is 2. The van der Waals surface area contributed by atoms with Crippen LogP contribution in [0.3, 0.4) is 0 Å². The summed E-state index contributed by atoms with van der Waals surface area (Å²) in [6.07, 6.45) is 6.69. The lowest BCUT2D eigenvalue weighted by atomic mass is 10.0. The minimum absolute atomic E-state index is 0.0234. The second kappa shape index (κ2) is 11.8. The molecule has 5 rings (SSSR count). The van der Waals surface area contributed by atoms with Crippen molar-refractivity contribution in [3.8, 4) is 11.1 Å². The molecule has 192 valence electrons. The highest BCUT2D eigenvalue weighted by Gasteiger charge is 2.38. The molecule has 2 fully saturated rings. The Kier molecular flexibility index (Phi) is 6.26. The maximum atomic E-state index is 13.5. The van der Waals surface area contributed by atoms with Crippen LogP contribution in [0.2, 0.25) is 0 Å². The van der Waals surface area contributed by atoms with Gasteiger partial charge >= 0.3 is 0 Å². The summed E-state index contributed by atoms with van der Waals surface area (Å²) < 4.78 is 40.1. The summed E-state index contributed by atoms with van der Waals surface area (Å²) in [6, 6.07) is 12.6. The van der Waals surface area contributed by atoms with E-state index in [0.29, 0.717) is 29.4 Å². The molecule has 2 amide bonds. The average Bonchev–Trinajstić information content (AvgIpc) is 3.79. The Bertz CT molecular complexity index is 1420. The molecule has 3 aromatic rings. The molecule has 1 N–H and O–H groups in total. The number of nitrogens with zero attached hydrogens (tertiary/aromatic N) is 1. The van der Waals surface area contributed by atoms with E-state index in [4.69, 9.17) is 6.85 Å². The van der Waals surface area contributed by atoms with Crippen LogP contribution in [0, 0.1) is 12.8 Å². The number of amides is 2. The molecule has 0 aromatic heterocycles. The van der Waals surface area contributed by atoms with Gasteiger partial charge in [0, 0.05) is 18.7 Å². The number of likely N-dealkylation sites (tertiary alicyclic amines) is 1. The summed E-state index contributed by atoms with van der Waals surface area (Å²) in [5, 5.41) is 2.99. The maximum Gasteiger partial charge on any atom is 0.251 e. The minimum atomic E-state index is -0.604. The van der Waals surface area contributed by atoms with Crippen LogP contribution >= 0.6 is 0 Å². The van der Waals surface area contributed by atoms with E-state index in [9.17, 15) is 9.59 Å². The van der Waals surface area contributed by atoms with Crippen LogP contribution in [-0.2, 0) is 4.79 Å².